The molecule has 3 saturated heterocycles. The molecule has 79 heavy (non-hydrogen) atoms. The van der Waals surface area contributed by atoms with Crippen molar-refractivity contribution >= 4 is 68.6 Å². The van der Waals surface area contributed by atoms with Crippen molar-refractivity contribution in [3.8, 4) is 28.5 Å². The molecule has 0 bridgehead atoms. The van der Waals surface area contributed by atoms with E-state index in [9.17, 15) is 41.8 Å². The van der Waals surface area contributed by atoms with Gasteiger partial charge in [-0.1, -0.05) is 25.1 Å². The van der Waals surface area contributed by atoms with Gasteiger partial charge < -0.3 is 39.4 Å². The number of benzene rings is 3. The summed E-state index contributed by atoms with van der Waals surface area (Å²) in [5.74, 6) is -5.34. The normalized spacial score (nSPS) is 21.7. The predicted octanol–water partition coefficient (Wildman–Crippen LogP) is 8.47. The summed E-state index contributed by atoms with van der Waals surface area (Å²) >= 11 is 6.63. The van der Waals surface area contributed by atoms with Crippen LogP contribution in [0.25, 0.3) is 44.3 Å². The number of nitrogens with zero attached hydrogens (tertiary/aromatic N) is 7. The number of piperazine rings is 1. The van der Waals surface area contributed by atoms with E-state index in [4.69, 9.17) is 31.5 Å². The van der Waals surface area contributed by atoms with Crippen molar-refractivity contribution in [2.24, 2.45) is 0 Å². The summed E-state index contributed by atoms with van der Waals surface area (Å²) < 4.78 is 125. The zero-order chi connectivity index (χ0) is 56.4. The van der Waals surface area contributed by atoms with Gasteiger partial charge in [0, 0.05) is 83.3 Å². The summed E-state index contributed by atoms with van der Waals surface area (Å²) in [7, 11) is 0. The summed E-state index contributed by atoms with van der Waals surface area (Å²) in [5, 5.41) is 13.2. The SMILES string of the molecule is C=C(COC(=O)Nc1cc2cc3c(nc2cc1F)-c1cc2c(c(=O)n1C3)COC(=O)C2(O)CC)C(=O)N1CCN(c2nc(OCC34CCCN3CC(F)C4)nc3c(F)c(-c4c(F)c(N)cc(C)c4C(F)(F)F)c(Cl)cc23)C(C)C1. The molecule has 25 heteroatoms. The Labute approximate surface area is 449 Å². The lowest BCUT2D eigenvalue weighted by Crippen LogP contribution is -2.54. The van der Waals surface area contributed by atoms with Crippen LogP contribution in [0, 0.1) is 24.4 Å². The van der Waals surface area contributed by atoms with E-state index in [1.165, 1.54) is 21.6 Å². The number of nitrogen functional groups attached to an aromatic ring is 1. The Bertz CT molecular complexity index is 3710. The molecule has 0 spiro atoms. The predicted molar refractivity (Wildman–Crippen MR) is 275 cm³/mol. The number of nitrogens with one attached hydrogen (secondary N) is 1. The number of anilines is 3. The van der Waals surface area contributed by atoms with Gasteiger partial charge in [-0.05, 0) is 75.5 Å². The fourth-order valence-electron chi connectivity index (χ4n) is 11.9. The van der Waals surface area contributed by atoms with E-state index in [1.807, 2.05) is 4.90 Å². The highest BCUT2D eigenvalue weighted by molar-refractivity contribution is 6.34. The van der Waals surface area contributed by atoms with Gasteiger partial charge in [-0.25, -0.2) is 32.1 Å². The number of carbonyl (C=O) groups is 3. The first-order chi connectivity index (χ1) is 37.4. The maximum atomic E-state index is 17.2. The number of alkyl halides is 4. The standard InChI is InChI=1S/C54H49ClF7N9O8/c1-5-53(76)32-15-38-44-28(19-71(38)48(73)31(32)22-77-49(53)74)12-27-13-37(34(57)16-36(27)64-44)65-51(75)78-21-25(3)47(72)68-9-10-70(26(4)18-68)46-30-14-33(55)39(40-41(54(60,61)62)24(2)11-35(63)42(40)58)43(59)45(30)66-50(67-46)79-23-52-7-6-8-69(52)20-29(56)17-52/h11-16,26,29,76H,3,5-10,17-23,63H2,1-2,4H3,(H,65,75). The Balaban J connectivity index is 0.803. The lowest BCUT2D eigenvalue weighted by Gasteiger charge is -2.41. The van der Waals surface area contributed by atoms with Crippen LogP contribution in [-0.4, -0.2) is 116 Å². The van der Waals surface area contributed by atoms with Crippen molar-refractivity contribution in [3.63, 3.8) is 0 Å². The number of ether oxygens (including phenoxy) is 3. The smallest absolute Gasteiger partial charge is 0.417 e. The minimum Gasteiger partial charge on any atom is -0.461 e. The van der Waals surface area contributed by atoms with Crippen LogP contribution in [0.2, 0.25) is 5.02 Å². The molecule has 4 unspecified atom stereocenters. The minimum atomic E-state index is -5.17. The second-order valence-corrected chi connectivity index (χ2v) is 21.1. The van der Waals surface area contributed by atoms with Crippen LogP contribution in [0.1, 0.15) is 67.3 Å². The van der Waals surface area contributed by atoms with Crippen LogP contribution < -0.4 is 26.2 Å². The lowest BCUT2D eigenvalue weighted by atomic mass is 9.86. The Morgan fingerprint density at radius 2 is 1.80 bits per heavy atom. The van der Waals surface area contributed by atoms with E-state index in [1.54, 1.807) is 24.8 Å². The molecule has 2 amide bonds. The van der Waals surface area contributed by atoms with Crippen molar-refractivity contribution in [2.75, 3.05) is 61.9 Å². The van der Waals surface area contributed by atoms with Crippen LogP contribution in [-0.2, 0) is 44.0 Å². The Morgan fingerprint density at radius 3 is 2.53 bits per heavy atom. The molecule has 5 aliphatic rings. The number of pyridine rings is 2. The first-order valence-electron chi connectivity index (χ1n) is 25.3. The summed E-state index contributed by atoms with van der Waals surface area (Å²) in [5.41, 5.74) is -1.59. The number of esters is 1. The number of cyclic esters (lactones) is 1. The van der Waals surface area contributed by atoms with Gasteiger partial charge in [-0.2, -0.15) is 23.1 Å². The maximum absolute atomic E-state index is 17.2. The molecule has 4 atom stereocenters. The molecule has 3 aromatic carbocycles. The van der Waals surface area contributed by atoms with Gasteiger partial charge in [0.25, 0.3) is 11.5 Å². The lowest BCUT2D eigenvalue weighted by molar-refractivity contribution is -0.172. The third kappa shape index (κ3) is 8.91. The van der Waals surface area contributed by atoms with Crippen LogP contribution in [0.5, 0.6) is 6.01 Å². The first kappa shape index (κ1) is 53.4. The summed E-state index contributed by atoms with van der Waals surface area (Å²) in [4.78, 5) is 71.7. The van der Waals surface area contributed by atoms with Gasteiger partial charge in [0.1, 0.15) is 43.1 Å². The third-order valence-corrected chi connectivity index (χ3v) is 16.1. The van der Waals surface area contributed by atoms with Gasteiger partial charge >= 0.3 is 24.2 Å². The Kier molecular flexibility index (Phi) is 13.1. The number of carbonyl (C=O) groups excluding carboxylic acids is 3. The number of halogens is 8. The average Bonchev–Trinajstić information content (AvgIpc) is 4.31. The number of hydrogen-bond acceptors (Lipinski definition) is 14. The molecule has 0 radical (unpaired) electrons. The van der Waals surface area contributed by atoms with Gasteiger partial charge in [-0.3, -0.25) is 19.8 Å². The zero-order valence-electron chi connectivity index (χ0n) is 42.6. The first-order valence-corrected chi connectivity index (χ1v) is 25.6. The number of aromatic nitrogens is 4. The third-order valence-electron chi connectivity index (χ3n) is 15.8. The number of hydrogen-bond donors (Lipinski definition) is 3. The number of rotatable bonds is 10. The molecule has 17 nitrogen and oxygen atoms in total. The zero-order valence-corrected chi connectivity index (χ0v) is 43.3. The highest BCUT2D eigenvalue weighted by Crippen LogP contribution is 2.48. The number of amides is 2. The molecule has 0 saturated carbocycles. The Morgan fingerprint density at radius 1 is 1.03 bits per heavy atom. The van der Waals surface area contributed by atoms with E-state index in [0.29, 0.717) is 35.3 Å². The van der Waals surface area contributed by atoms with Crippen LogP contribution in [0.3, 0.4) is 0 Å². The van der Waals surface area contributed by atoms with Crippen molar-refractivity contribution in [1.29, 1.82) is 0 Å². The van der Waals surface area contributed by atoms with E-state index in [0.717, 1.165) is 31.5 Å². The fraction of sp³-hybridized carbons (Fsp3) is 0.389. The van der Waals surface area contributed by atoms with Crippen molar-refractivity contribution in [1.82, 2.24) is 29.3 Å². The second-order valence-electron chi connectivity index (χ2n) is 20.7. The van der Waals surface area contributed by atoms with Gasteiger partial charge in [0.15, 0.2) is 17.2 Å². The molecule has 11 rings (SSSR count). The molecular formula is C54H49ClF7N9O8. The summed E-state index contributed by atoms with van der Waals surface area (Å²) in [6.45, 7) is 7.99. The summed E-state index contributed by atoms with van der Waals surface area (Å²) in [6.07, 6.45) is -5.95. The maximum Gasteiger partial charge on any atom is 0.417 e. The number of aliphatic hydroxyl groups is 1. The molecule has 414 valence electrons. The quantitative estimate of drug-likeness (QED) is 0.0509. The van der Waals surface area contributed by atoms with Crippen molar-refractivity contribution in [3.05, 3.63) is 109 Å². The van der Waals surface area contributed by atoms with E-state index < -0.39 is 122 Å². The number of nitrogens with two attached hydrogens (primary N) is 1. The largest absolute Gasteiger partial charge is 0.461 e. The molecular weight excluding hydrogens is 1070 g/mol. The topological polar surface area (TPSA) is 208 Å². The molecule has 4 N–H and O–H groups in total. The van der Waals surface area contributed by atoms with E-state index in [2.05, 4.69) is 26.8 Å². The monoisotopic (exact) mass is 1120 g/mol. The average molecular weight is 1120 g/mol. The molecule has 5 aliphatic heterocycles. The number of aryl methyl sites for hydroxylation is 1. The molecule has 6 aromatic rings. The van der Waals surface area contributed by atoms with Gasteiger partial charge in [-0.15, -0.1) is 0 Å². The van der Waals surface area contributed by atoms with Gasteiger partial charge in [0.2, 0.25) is 0 Å². The van der Waals surface area contributed by atoms with Crippen LogP contribution >= 0.6 is 11.6 Å². The van der Waals surface area contributed by atoms with Crippen LogP contribution in [0.15, 0.2) is 53.3 Å². The minimum absolute atomic E-state index is 0.0129. The van der Waals surface area contributed by atoms with Crippen molar-refractivity contribution < 1.29 is 64.4 Å². The van der Waals surface area contributed by atoms with Crippen LogP contribution in [0.4, 0.5) is 52.7 Å². The van der Waals surface area contributed by atoms with Gasteiger partial charge in [0.05, 0.1) is 56.5 Å². The highest BCUT2D eigenvalue weighted by Gasteiger charge is 2.50. The van der Waals surface area contributed by atoms with E-state index >= 15 is 13.2 Å². The summed E-state index contributed by atoms with van der Waals surface area (Å²) in [6, 6.07) is 6.47. The fourth-order valence-corrected chi connectivity index (χ4v) is 12.2. The number of fused-ring (bicyclic) bond motifs is 7. The van der Waals surface area contributed by atoms with E-state index in [-0.39, 0.29) is 97.9 Å². The second kappa shape index (κ2) is 19.4. The molecule has 3 fully saturated rings. The Hall–Kier alpha value is -7.57. The molecule has 3 aromatic heterocycles. The molecule has 8 heterocycles. The van der Waals surface area contributed by atoms with Crippen molar-refractivity contribution in [2.45, 2.75) is 89.1 Å². The molecule has 0 aliphatic carbocycles. The highest BCUT2D eigenvalue weighted by atomic mass is 35.5.